The van der Waals surface area contributed by atoms with Crippen LogP contribution in [0.3, 0.4) is 0 Å². The van der Waals surface area contributed by atoms with E-state index in [4.69, 9.17) is 5.73 Å². The van der Waals surface area contributed by atoms with Gasteiger partial charge >= 0.3 is 0 Å². The molecule has 0 aliphatic carbocycles. The maximum atomic E-state index is 4.91. The van der Waals surface area contributed by atoms with Crippen molar-refractivity contribution < 1.29 is 0 Å². The van der Waals surface area contributed by atoms with Crippen LogP contribution in [0.4, 0.5) is 0 Å². The summed E-state index contributed by atoms with van der Waals surface area (Å²) < 4.78 is 0. The summed E-state index contributed by atoms with van der Waals surface area (Å²) in [6, 6.07) is 0. The van der Waals surface area contributed by atoms with Crippen LogP contribution in [0.5, 0.6) is 0 Å². The number of hydrogen-bond donors (Lipinski definition) is 1. The summed E-state index contributed by atoms with van der Waals surface area (Å²) in [5, 5.41) is 0. The number of hydrogen-bond acceptors (Lipinski definition) is 3. The predicted octanol–water partition coefficient (Wildman–Crippen LogP) is -0.148. The Labute approximate surface area is 55.9 Å². The molecule has 0 saturated carbocycles. The lowest BCUT2D eigenvalue weighted by atomic mass is 10.6. The molecule has 0 aliphatic rings. The second-order valence-corrected chi connectivity index (χ2v) is 1.89. The van der Waals surface area contributed by atoms with E-state index >= 15 is 0 Å². The summed E-state index contributed by atoms with van der Waals surface area (Å²) in [6.07, 6.45) is 5.50. The maximum Gasteiger partial charge on any atom is 0.0749 e. The highest BCUT2D eigenvalue weighted by molar-refractivity contribution is 5.60. The lowest BCUT2D eigenvalue weighted by molar-refractivity contribution is 0.473. The van der Waals surface area contributed by atoms with Gasteiger partial charge in [0.05, 0.1) is 12.4 Å². The standard InChI is InChI=1S/C6H12N3/c1-9(2)6-5-8-4-3-7/h4-5H,6-7H2,1-2H3. The fraction of sp³-hybridized carbons (Fsp3) is 0.500. The van der Waals surface area contributed by atoms with Crippen LogP contribution >= 0.6 is 0 Å². The summed E-state index contributed by atoms with van der Waals surface area (Å²) in [4.78, 5) is 5.81. The molecule has 0 saturated heterocycles. The predicted molar refractivity (Wildman–Crippen MR) is 39.0 cm³/mol. The highest BCUT2D eigenvalue weighted by Crippen LogP contribution is 1.70. The van der Waals surface area contributed by atoms with Gasteiger partial charge in [-0.15, -0.1) is 0 Å². The van der Waals surface area contributed by atoms with Gasteiger partial charge in [-0.1, -0.05) is 0 Å². The third kappa shape index (κ3) is 7.17. The van der Waals surface area contributed by atoms with Crippen LogP contribution in [0.15, 0.2) is 11.2 Å². The average Bonchev–Trinajstić information content (AvgIpc) is 1.80. The zero-order chi connectivity index (χ0) is 7.11. The summed E-state index contributed by atoms with van der Waals surface area (Å²) in [6.45, 7) is 0.832. The lowest BCUT2D eigenvalue weighted by Gasteiger charge is -2.01. The summed E-state index contributed by atoms with van der Waals surface area (Å²) >= 11 is 0. The van der Waals surface area contributed by atoms with Gasteiger partial charge in [0.25, 0.3) is 0 Å². The van der Waals surface area contributed by atoms with Crippen molar-refractivity contribution in [2.45, 2.75) is 0 Å². The Kier molecular flexibility index (Phi) is 4.82. The first-order valence-corrected chi connectivity index (χ1v) is 2.71. The van der Waals surface area contributed by atoms with Gasteiger partial charge < -0.3 is 10.6 Å². The second kappa shape index (κ2) is 5.31. The van der Waals surface area contributed by atoms with Crippen molar-refractivity contribution in [2.24, 2.45) is 10.7 Å². The van der Waals surface area contributed by atoms with Gasteiger partial charge in [0, 0.05) is 12.8 Å². The quantitative estimate of drug-likeness (QED) is 0.422. The lowest BCUT2D eigenvalue weighted by Crippen LogP contribution is -2.13. The van der Waals surface area contributed by atoms with Crippen molar-refractivity contribution in [2.75, 3.05) is 20.6 Å². The van der Waals surface area contributed by atoms with E-state index in [-0.39, 0.29) is 0 Å². The first-order valence-electron chi connectivity index (χ1n) is 2.71. The van der Waals surface area contributed by atoms with Crippen LogP contribution in [0, 0.1) is 6.20 Å². The molecule has 0 aliphatic heterocycles. The van der Waals surface area contributed by atoms with E-state index in [2.05, 4.69) is 11.2 Å². The van der Waals surface area contributed by atoms with Crippen molar-refractivity contribution in [1.29, 1.82) is 0 Å². The van der Waals surface area contributed by atoms with Crippen LogP contribution in [0.2, 0.25) is 0 Å². The minimum atomic E-state index is 0.832. The third-order valence-electron chi connectivity index (χ3n) is 0.701. The maximum absolute atomic E-state index is 4.91. The van der Waals surface area contributed by atoms with E-state index < -0.39 is 0 Å². The number of rotatable bonds is 3. The summed E-state index contributed by atoms with van der Waals surface area (Å²) in [5.41, 5.74) is 4.91. The molecule has 0 aromatic carbocycles. The molecule has 0 heterocycles. The molecule has 9 heavy (non-hydrogen) atoms. The normalized spacial score (nSPS) is 12.3. The Bertz CT molecular complexity index is 105. The zero-order valence-electron chi connectivity index (χ0n) is 5.83. The average molecular weight is 126 g/mol. The van der Waals surface area contributed by atoms with Crippen LogP contribution in [-0.4, -0.2) is 31.8 Å². The first-order chi connectivity index (χ1) is 4.27. The smallest absolute Gasteiger partial charge is 0.0749 e. The van der Waals surface area contributed by atoms with E-state index in [0.29, 0.717) is 0 Å². The van der Waals surface area contributed by atoms with E-state index in [1.807, 2.05) is 19.0 Å². The van der Waals surface area contributed by atoms with Crippen LogP contribution in [0.25, 0.3) is 0 Å². The largest absolute Gasteiger partial charge is 0.396 e. The van der Waals surface area contributed by atoms with E-state index in [1.54, 1.807) is 6.21 Å². The van der Waals surface area contributed by atoms with Crippen LogP contribution < -0.4 is 5.73 Å². The van der Waals surface area contributed by atoms with Gasteiger partial charge in [0.2, 0.25) is 0 Å². The molecule has 51 valence electrons. The number of nitrogens with zero attached hydrogens (tertiary/aromatic N) is 2. The van der Waals surface area contributed by atoms with Crippen molar-refractivity contribution in [3.05, 3.63) is 12.4 Å². The fourth-order valence-electron chi connectivity index (χ4n) is 0.306. The topological polar surface area (TPSA) is 41.6 Å². The molecule has 2 N–H and O–H groups in total. The van der Waals surface area contributed by atoms with Gasteiger partial charge in [-0.2, -0.15) is 0 Å². The first kappa shape index (κ1) is 8.17. The highest BCUT2D eigenvalue weighted by atomic mass is 15.1. The molecule has 0 rings (SSSR count). The van der Waals surface area contributed by atoms with Crippen LogP contribution in [0.1, 0.15) is 0 Å². The molecule has 3 nitrogen and oxygen atoms in total. The Morgan fingerprint density at radius 1 is 1.67 bits per heavy atom. The molecule has 3 heteroatoms. The SMILES string of the molecule is CN(C)CC=NC=[C]N. The minimum Gasteiger partial charge on any atom is -0.396 e. The molecule has 0 spiro atoms. The van der Waals surface area contributed by atoms with E-state index in [1.165, 1.54) is 6.20 Å². The van der Waals surface area contributed by atoms with Crippen molar-refractivity contribution >= 4 is 6.21 Å². The Morgan fingerprint density at radius 3 is 2.78 bits per heavy atom. The Balaban J connectivity index is 3.25. The summed E-state index contributed by atoms with van der Waals surface area (Å²) in [5.74, 6) is 0. The zero-order valence-corrected chi connectivity index (χ0v) is 5.83. The van der Waals surface area contributed by atoms with Gasteiger partial charge in [-0.25, -0.2) is 0 Å². The monoisotopic (exact) mass is 126 g/mol. The third-order valence-corrected chi connectivity index (χ3v) is 0.701. The number of aliphatic imine (C=N–C) groups is 1. The highest BCUT2D eigenvalue weighted by Gasteiger charge is 1.79. The van der Waals surface area contributed by atoms with Crippen molar-refractivity contribution in [3.8, 4) is 0 Å². The fourth-order valence-corrected chi connectivity index (χ4v) is 0.306. The Morgan fingerprint density at radius 2 is 2.33 bits per heavy atom. The minimum absolute atomic E-state index is 0.832. The molecule has 0 atom stereocenters. The molecule has 0 fully saturated rings. The molecule has 0 unspecified atom stereocenters. The van der Waals surface area contributed by atoms with Gasteiger partial charge in [0.15, 0.2) is 0 Å². The molecule has 0 aromatic heterocycles. The molecule has 1 radical (unpaired) electrons. The molecule has 0 bridgehead atoms. The number of nitrogens with two attached hydrogens (primary N) is 1. The molecular weight excluding hydrogens is 114 g/mol. The molecular formula is C6H12N3. The van der Waals surface area contributed by atoms with Crippen molar-refractivity contribution in [3.63, 3.8) is 0 Å². The molecule has 0 aromatic rings. The van der Waals surface area contributed by atoms with Crippen LogP contribution in [-0.2, 0) is 0 Å². The van der Waals surface area contributed by atoms with Gasteiger partial charge in [0.1, 0.15) is 0 Å². The van der Waals surface area contributed by atoms with Gasteiger partial charge in [-0.05, 0) is 14.1 Å². The summed E-state index contributed by atoms with van der Waals surface area (Å²) in [7, 11) is 3.95. The Hall–Kier alpha value is -0.830. The second-order valence-electron chi connectivity index (χ2n) is 1.89. The van der Waals surface area contributed by atoms with Gasteiger partial charge in [-0.3, -0.25) is 4.99 Å². The molecule has 0 amide bonds. The van der Waals surface area contributed by atoms with E-state index in [9.17, 15) is 0 Å². The van der Waals surface area contributed by atoms with E-state index in [0.717, 1.165) is 6.54 Å². The van der Waals surface area contributed by atoms with Crippen molar-refractivity contribution in [1.82, 2.24) is 4.90 Å².